The minimum Gasteiger partial charge on any atom is -0.501 e. The minimum absolute atomic E-state index is 0.160. The van der Waals surface area contributed by atoms with E-state index < -0.39 is 11.8 Å². The molecule has 0 aliphatic heterocycles. The molecule has 0 spiro atoms. The Labute approximate surface area is 180 Å². The van der Waals surface area contributed by atoms with Crippen LogP contribution in [0.25, 0.3) is 0 Å². The van der Waals surface area contributed by atoms with Gasteiger partial charge < -0.3 is 9.84 Å². The number of hydrogen-bond donors (Lipinski definition) is 1. The number of hydrogen-bond acceptors (Lipinski definition) is 2. The Hall–Kier alpha value is -1.58. The van der Waals surface area contributed by atoms with Crippen LogP contribution in [0.2, 0.25) is 0 Å². The second kappa shape index (κ2) is 7.84. The Morgan fingerprint density at radius 2 is 1.93 bits per heavy atom. The van der Waals surface area contributed by atoms with Crippen molar-refractivity contribution in [2.24, 2.45) is 28.6 Å². The second-order valence-electron chi connectivity index (χ2n) is 10.5. The van der Waals surface area contributed by atoms with E-state index in [0.717, 1.165) is 50.7 Å². The van der Waals surface area contributed by atoms with Crippen LogP contribution in [0.5, 0.6) is 0 Å². The van der Waals surface area contributed by atoms with E-state index in [2.05, 4.69) is 26.8 Å². The van der Waals surface area contributed by atoms with Crippen LogP contribution in [0.1, 0.15) is 85.0 Å². The van der Waals surface area contributed by atoms with Gasteiger partial charge in [-0.05, 0) is 97.2 Å². The smallest absolute Gasteiger partial charge is 0.364 e. The van der Waals surface area contributed by atoms with Gasteiger partial charge in [0.25, 0.3) is 0 Å². The topological polar surface area (TPSA) is 46.5 Å². The second-order valence-corrected chi connectivity index (χ2v) is 10.5. The summed E-state index contributed by atoms with van der Waals surface area (Å²) < 4.78 is 20.2. The molecule has 0 unspecified atom stereocenters. The van der Waals surface area contributed by atoms with Gasteiger partial charge in [0.2, 0.25) is 5.83 Å². The molecule has 0 bridgehead atoms. The molecule has 4 aliphatic carbocycles. The number of allylic oxidation sites excluding steroid dienone is 5. The van der Waals surface area contributed by atoms with Crippen molar-refractivity contribution in [2.75, 3.05) is 7.11 Å². The molecule has 5 atom stereocenters. The van der Waals surface area contributed by atoms with Gasteiger partial charge in [-0.1, -0.05) is 32.8 Å². The van der Waals surface area contributed by atoms with Gasteiger partial charge in [-0.2, -0.15) is 4.39 Å². The van der Waals surface area contributed by atoms with Crippen LogP contribution >= 0.6 is 0 Å². The first kappa shape index (κ1) is 21.6. The fraction of sp³-hybridized carbons (Fsp3) is 0.731. The van der Waals surface area contributed by atoms with Crippen molar-refractivity contribution in [1.82, 2.24) is 0 Å². The van der Waals surface area contributed by atoms with Crippen molar-refractivity contribution < 1.29 is 19.0 Å². The molecule has 2 fully saturated rings. The number of fused-ring (bicyclic) bond motifs is 5. The van der Waals surface area contributed by atoms with E-state index in [9.17, 15) is 14.3 Å². The molecule has 4 heteroatoms. The maximum atomic E-state index is 14.6. The summed E-state index contributed by atoms with van der Waals surface area (Å²) >= 11 is 0. The summed E-state index contributed by atoms with van der Waals surface area (Å²) in [5, 5.41) is 9.30. The number of carboxylic acids is 1. The first-order valence-corrected chi connectivity index (χ1v) is 11.9. The molecule has 0 heterocycles. The molecular weight excluding hydrogens is 379 g/mol. The molecule has 2 saturated carbocycles. The molecule has 0 aromatic heterocycles. The summed E-state index contributed by atoms with van der Waals surface area (Å²) in [6, 6.07) is 0. The quantitative estimate of drug-likeness (QED) is 0.493. The number of unbranched alkanes of at least 4 members (excludes halogenated alkanes) is 1. The molecule has 4 rings (SSSR count). The summed E-state index contributed by atoms with van der Waals surface area (Å²) in [4.78, 5) is 11.4. The van der Waals surface area contributed by atoms with Gasteiger partial charge in [-0.15, -0.1) is 0 Å². The highest BCUT2D eigenvalue weighted by atomic mass is 19.1. The summed E-state index contributed by atoms with van der Waals surface area (Å²) in [6.07, 6.45) is 12.5. The van der Waals surface area contributed by atoms with Gasteiger partial charge in [0.15, 0.2) is 0 Å². The fourth-order valence-electron chi connectivity index (χ4n) is 7.65. The van der Waals surface area contributed by atoms with Crippen molar-refractivity contribution in [2.45, 2.75) is 85.0 Å². The van der Waals surface area contributed by atoms with Gasteiger partial charge >= 0.3 is 5.97 Å². The zero-order valence-electron chi connectivity index (χ0n) is 19.0. The molecule has 0 amide bonds. The molecular formula is C26H37FO3. The SMILES string of the molecule is CCCCC1=C2C=C(OC)CC[C@]2(C)[C@H]2CC[C@]3(C)C(=C(F)C(=O)O)CC[C@H]3[C@@H]2C1. The van der Waals surface area contributed by atoms with E-state index >= 15 is 0 Å². The molecule has 4 aliphatic rings. The average molecular weight is 417 g/mol. The van der Waals surface area contributed by atoms with Gasteiger partial charge in [0.1, 0.15) is 0 Å². The molecule has 3 nitrogen and oxygen atoms in total. The maximum Gasteiger partial charge on any atom is 0.364 e. The van der Waals surface area contributed by atoms with Gasteiger partial charge in [-0.3, -0.25) is 0 Å². The lowest BCUT2D eigenvalue weighted by Crippen LogP contribution is -2.49. The largest absolute Gasteiger partial charge is 0.501 e. The summed E-state index contributed by atoms with van der Waals surface area (Å²) in [6.45, 7) is 6.85. The van der Waals surface area contributed by atoms with E-state index in [-0.39, 0.29) is 10.8 Å². The van der Waals surface area contributed by atoms with E-state index in [1.807, 2.05) is 0 Å². The molecule has 0 aromatic carbocycles. The molecule has 0 radical (unpaired) electrons. The first-order valence-electron chi connectivity index (χ1n) is 11.9. The normalized spacial score (nSPS) is 39.6. The number of methoxy groups -OCH3 is 1. The average Bonchev–Trinajstić information content (AvgIpc) is 3.08. The Bertz CT molecular complexity index is 822. The zero-order chi connectivity index (χ0) is 21.7. The van der Waals surface area contributed by atoms with Crippen molar-refractivity contribution in [3.05, 3.63) is 34.4 Å². The number of halogens is 1. The van der Waals surface area contributed by atoms with Gasteiger partial charge in [0, 0.05) is 6.42 Å². The van der Waals surface area contributed by atoms with E-state index in [4.69, 9.17) is 4.74 Å². The summed E-state index contributed by atoms with van der Waals surface area (Å²) in [5.41, 5.74) is 3.55. The highest BCUT2D eigenvalue weighted by Crippen LogP contribution is 2.67. The number of ether oxygens (including phenoxy) is 1. The maximum absolute atomic E-state index is 14.6. The molecule has 30 heavy (non-hydrogen) atoms. The first-order chi connectivity index (χ1) is 14.3. The Morgan fingerprint density at radius 3 is 2.60 bits per heavy atom. The van der Waals surface area contributed by atoms with Crippen LogP contribution in [0.3, 0.4) is 0 Å². The number of rotatable bonds is 5. The molecule has 166 valence electrons. The highest BCUT2D eigenvalue weighted by molar-refractivity contribution is 5.85. The number of carboxylic acid groups (broad SMARTS) is 1. The van der Waals surface area contributed by atoms with Crippen molar-refractivity contribution in [1.29, 1.82) is 0 Å². The van der Waals surface area contributed by atoms with Crippen molar-refractivity contribution in [3.8, 4) is 0 Å². The summed E-state index contributed by atoms with van der Waals surface area (Å²) in [5.74, 6) is 0.344. The van der Waals surface area contributed by atoms with Crippen LogP contribution in [-0.4, -0.2) is 18.2 Å². The van der Waals surface area contributed by atoms with E-state index in [0.29, 0.717) is 29.7 Å². The van der Waals surface area contributed by atoms with Gasteiger partial charge in [-0.25, -0.2) is 4.79 Å². The van der Waals surface area contributed by atoms with Crippen LogP contribution in [-0.2, 0) is 9.53 Å². The Morgan fingerprint density at radius 1 is 1.20 bits per heavy atom. The lowest BCUT2D eigenvalue weighted by molar-refractivity contribution is -0.134. The summed E-state index contributed by atoms with van der Waals surface area (Å²) in [7, 11) is 1.78. The number of aliphatic carboxylic acids is 1. The third kappa shape index (κ3) is 3.17. The third-order valence-electron chi connectivity index (χ3n) is 9.26. The fourth-order valence-corrected chi connectivity index (χ4v) is 7.65. The predicted octanol–water partition coefficient (Wildman–Crippen LogP) is 6.96. The lowest BCUT2D eigenvalue weighted by Gasteiger charge is -2.57. The van der Waals surface area contributed by atoms with Gasteiger partial charge in [0.05, 0.1) is 12.9 Å². The monoisotopic (exact) mass is 416 g/mol. The van der Waals surface area contributed by atoms with Crippen LogP contribution < -0.4 is 0 Å². The standard InChI is InChI=1S/C26H37FO3/c1-5-6-7-16-14-18-19-8-9-21(23(27)24(28)29)25(19,2)13-11-20(18)26(3)12-10-17(30-4)15-22(16)26/h15,18-20H,5-14H2,1-4H3,(H,28,29)/t18-,19-,20-,25-,26+/m0/s1. The minimum atomic E-state index is -1.39. The Balaban J connectivity index is 1.76. The molecule has 0 aromatic rings. The zero-order valence-corrected chi connectivity index (χ0v) is 19.0. The highest BCUT2D eigenvalue weighted by Gasteiger charge is 2.58. The van der Waals surface area contributed by atoms with Crippen LogP contribution in [0, 0.1) is 28.6 Å². The van der Waals surface area contributed by atoms with Crippen molar-refractivity contribution in [3.63, 3.8) is 0 Å². The molecule has 0 saturated heterocycles. The predicted molar refractivity (Wildman–Crippen MR) is 116 cm³/mol. The van der Waals surface area contributed by atoms with E-state index in [1.165, 1.54) is 18.4 Å². The van der Waals surface area contributed by atoms with E-state index in [1.54, 1.807) is 12.7 Å². The lowest BCUT2D eigenvalue weighted by atomic mass is 9.47. The third-order valence-corrected chi connectivity index (χ3v) is 9.26. The van der Waals surface area contributed by atoms with Crippen LogP contribution in [0.15, 0.2) is 34.4 Å². The van der Waals surface area contributed by atoms with Crippen LogP contribution in [0.4, 0.5) is 4.39 Å². The van der Waals surface area contributed by atoms with Crippen molar-refractivity contribution >= 4 is 5.97 Å². The number of carbonyl (C=O) groups is 1. The Kier molecular flexibility index (Phi) is 5.65. The molecule has 1 N–H and O–H groups in total.